The molecule has 0 spiro atoms. The summed E-state index contributed by atoms with van der Waals surface area (Å²) in [7, 11) is -5.31. The number of sulfone groups is 1. The number of aromatic nitrogens is 1. The molecule has 1 N–H and O–H groups in total. The second-order valence-corrected chi connectivity index (χ2v) is 6.82. The van der Waals surface area contributed by atoms with Gasteiger partial charge in [0.1, 0.15) is 0 Å². The summed E-state index contributed by atoms with van der Waals surface area (Å²) in [6.07, 6.45) is 4.58. The van der Waals surface area contributed by atoms with Gasteiger partial charge in [-0.2, -0.15) is 13.2 Å². The van der Waals surface area contributed by atoms with Gasteiger partial charge < -0.3 is 5.32 Å². The first-order valence-corrected chi connectivity index (χ1v) is 7.75. The average Bonchev–Trinajstić information content (AvgIpc) is 2.39. The number of piperidine rings is 1. The quantitative estimate of drug-likeness (QED) is 0.927. The van der Waals surface area contributed by atoms with E-state index in [9.17, 15) is 21.6 Å². The molecular weight excluding hydrogens is 293 g/mol. The Bertz CT molecular complexity index is 566. The van der Waals surface area contributed by atoms with Crippen LogP contribution in [0.15, 0.2) is 23.4 Å². The number of nitrogens with zero attached hydrogens (tertiary/aromatic N) is 1. The average molecular weight is 308 g/mol. The molecule has 0 amide bonds. The van der Waals surface area contributed by atoms with Gasteiger partial charge in [0.05, 0.1) is 4.90 Å². The molecule has 0 atom stereocenters. The first kappa shape index (κ1) is 15.2. The minimum absolute atomic E-state index is 0.349. The van der Waals surface area contributed by atoms with Crippen LogP contribution in [0.4, 0.5) is 13.2 Å². The van der Waals surface area contributed by atoms with E-state index >= 15 is 0 Å². The van der Waals surface area contributed by atoms with E-state index < -0.39 is 20.2 Å². The van der Waals surface area contributed by atoms with E-state index in [1.807, 2.05) is 0 Å². The van der Waals surface area contributed by atoms with Crippen molar-refractivity contribution >= 4 is 9.84 Å². The Hall–Kier alpha value is -1.15. The number of hydrogen-bond donors (Lipinski definition) is 1. The molecule has 0 aliphatic carbocycles. The SMILES string of the molecule is O=S(=O)(c1cncc(CC2CCNCC2)c1)C(F)(F)F. The predicted octanol–water partition coefficient (Wildman–Crippen LogP) is 1.92. The number of pyridine rings is 1. The van der Waals surface area contributed by atoms with Crippen molar-refractivity contribution in [2.75, 3.05) is 13.1 Å². The third-order valence-corrected chi connectivity index (χ3v) is 4.82. The molecule has 0 saturated carbocycles. The second kappa shape index (κ2) is 5.69. The van der Waals surface area contributed by atoms with Gasteiger partial charge in [-0.3, -0.25) is 4.98 Å². The van der Waals surface area contributed by atoms with E-state index in [1.165, 1.54) is 6.20 Å². The third kappa shape index (κ3) is 3.29. The zero-order valence-electron chi connectivity index (χ0n) is 10.7. The van der Waals surface area contributed by atoms with Gasteiger partial charge in [0.2, 0.25) is 0 Å². The summed E-state index contributed by atoms with van der Waals surface area (Å²) in [6, 6.07) is 1.08. The highest BCUT2D eigenvalue weighted by atomic mass is 32.2. The van der Waals surface area contributed by atoms with Gasteiger partial charge in [-0.25, -0.2) is 8.42 Å². The smallest absolute Gasteiger partial charge is 0.317 e. The maximum atomic E-state index is 12.5. The van der Waals surface area contributed by atoms with Gasteiger partial charge >= 0.3 is 5.51 Å². The van der Waals surface area contributed by atoms with Crippen LogP contribution in [0.3, 0.4) is 0 Å². The summed E-state index contributed by atoms with van der Waals surface area (Å²) >= 11 is 0. The van der Waals surface area contributed by atoms with E-state index in [0.29, 0.717) is 17.9 Å². The summed E-state index contributed by atoms with van der Waals surface area (Å²) in [4.78, 5) is 2.85. The van der Waals surface area contributed by atoms with E-state index in [-0.39, 0.29) is 0 Å². The summed E-state index contributed by atoms with van der Waals surface area (Å²) < 4.78 is 60.1. The van der Waals surface area contributed by atoms with Crippen LogP contribution in [0.1, 0.15) is 18.4 Å². The molecule has 0 aromatic carbocycles. The number of nitrogens with one attached hydrogen (secondary N) is 1. The fourth-order valence-electron chi connectivity index (χ4n) is 2.28. The molecule has 8 heteroatoms. The zero-order valence-corrected chi connectivity index (χ0v) is 11.5. The van der Waals surface area contributed by atoms with Gasteiger partial charge in [-0.05, 0) is 49.9 Å². The molecule has 112 valence electrons. The maximum absolute atomic E-state index is 12.5. The molecule has 20 heavy (non-hydrogen) atoms. The third-order valence-electron chi connectivity index (χ3n) is 3.37. The van der Waals surface area contributed by atoms with Crippen LogP contribution in [0.25, 0.3) is 0 Å². The Morgan fingerprint density at radius 2 is 1.90 bits per heavy atom. The first-order chi connectivity index (χ1) is 9.30. The van der Waals surface area contributed by atoms with Crippen molar-refractivity contribution in [3.8, 4) is 0 Å². The molecular formula is C12H15F3N2O2S. The Morgan fingerprint density at radius 1 is 1.25 bits per heavy atom. The van der Waals surface area contributed by atoms with E-state index in [4.69, 9.17) is 0 Å². The van der Waals surface area contributed by atoms with Gasteiger partial charge in [-0.1, -0.05) is 0 Å². The van der Waals surface area contributed by atoms with Gasteiger partial charge in [0, 0.05) is 12.4 Å². The van der Waals surface area contributed by atoms with Crippen LogP contribution in [-0.2, 0) is 16.3 Å². The normalized spacial score (nSPS) is 18.1. The van der Waals surface area contributed by atoms with Crippen molar-refractivity contribution in [3.05, 3.63) is 24.0 Å². The second-order valence-electron chi connectivity index (χ2n) is 4.88. The topological polar surface area (TPSA) is 59.1 Å². The summed E-state index contributed by atoms with van der Waals surface area (Å²) in [6.45, 7) is 1.75. The van der Waals surface area contributed by atoms with Crippen molar-refractivity contribution in [2.24, 2.45) is 5.92 Å². The van der Waals surface area contributed by atoms with Crippen LogP contribution in [-0.4, -0.2) is 32.0 Å². The summed E-state index contributed by atoms with van der Waals surface area (Å²) in [5, 5.41) is 3.20. The largest absolute Gasteiger partial charge is 0.501 e. The number of rotatable bonds is 3. The Labute approximate surface area is 115 Å². The highest BCUT2D eigenvalue weighted by Gasteiger charge is 2.47. The number of hydrogen-bond acceptors (Lipinski definition) is 4. The highest BCUT2D eigenvalue weighted by molar-refractivity contribution is 7.92. The molecule has 1 aromatic rings. The fraction of sp³-hybridized carbons (Fsp3) is 0.583. The lowest BCUT2D eigenvalue weighted by atomic mass is 9.92. The predicted molar refractivity (Wildman–Crippen MR) is 66.8 cm³/mol. The molecule has 1 saturated heterocycles. The van der Waals surface area contributed by atoms with Gasteiger partial charge in [0.15, 0.2) is 0 Å². The van der Waals surface area contributed by atoms with Crippen molar-refractivity contribution in [2.45, 2.75) is 29.7 Å². The van der Waals surface area contributed by atoms with E-state index in [0.717, 1.165) is 38.2 Å². The lowest BCUT2D eigenvalue weighted by Gasteiger charge is -2.22. The van der Waals surface area contributed by atoms with E-state index in [2.05, 4.69) is 10.3 Å². The van der Waals surface area contributed by atoms with Gasteiger partial charge in [0.25, 0.3) is 9.84 Å². The van der Waals surface area contributed by atoms with Crippen molar-refractivity contribution in [3.63, 3.8) is 0 Å². The number of alkyl halides is 3. The van der Waals surface area contributed by atoms with Crippen LogP contribution in [0, 0.1) is 5.92 Å². The fourth-order valence-corrected chi connectivity index (χ4v) is 3.05. The summed E-state index contributed by atoms with van der Waals surface area (Å²) in [5.74, 6) is 0.349. The van der Waals surface area contributed by atoms with Crippen molar-refractivity contribution in [1.82, 2.24) is 10.3 Å². The monoisotopic (exact) mass is 308 g/mol. The maximum Gasteiger partial charge on any atom is 0.501 e. The first-order valence-electron chi connectivity index (χ1n) is 6.27. The van der Waals surface area contributed by atoms with Crippen LogP contribution in [0.5, 0.6) is 0 Å². The van der Waals surface area contributed by atoms with Crippen LogP contribution < -0.4 is 5.32 Å². The zero-order chi connectivity index (χ0) is 14.8. The van der Waals surface area contributed by atoms with Crippen LogP contribution in [0.2, 0.25) is 0 Å². The van der Waals surface area contributed by atoms with Crippen molar-refractivity contribution < 1.29 is 21.6 Å². The molecule has 2 rings (SSSR count). The summed E-state index contributed by atoms with van der Waals surface area (Å²) in [5.41, 5.74) is -4.76. The van der Waals surface area contributed by atoms with Crippen LogP contribution >= 0.6 is 0 Å². The van der Waals surface area contributed by atoms with E-state index in [1.54, 1.807) is 0 Å². The Kier molecular flexibility index (Phi) is 4.33. The van der Waals surface area contributed by atoms with Crippen molar-refractivity contribution in [1.29, 1.82) is 0 Å². The number of halogens is 3. The minimum Gasteiger partial charge on any atom is -0.317 e. The molecule has 0 bridgehead atoms. The molecule has 0 radical (unpaired) electrons. The molecule has 2 heterocycles. The van der Waals surface area contributed by atoms with Gasteiger partial charge in [-0.15, -0.1) is 0 Å². The Morgan fingerprint density at radius 3 is 2.50 bits per heavy atom. The lowest BCUT2D eigenvalue weighted by Crippen LogP contribution is -2.28. The molecule has 4 nitrogen and oxygen atoms in total. The molecule has 1 fully saturated rings. The molecule has 1 aliphatic heterocycles. The molecule has 0 unspecified atom stereocenters. The minimum atomic E-state index is -5.31. The standard InChI is InChI=1S/C12H15F3N2O2S/c13-12(14,15)20(18,19)11-6-10(7-17-8-11)5-9-1-3-16-4-2-9/h6-9,16H,1-5H2. The Balaban J connectivity index is 2.20. The molecule has 1 aromatic heterocycles. The lowest BCUT2D eigenvalue weighted by molar-refractivity contribution is -0.0436. The highest BCUT2D eigenvalue weighted by Crippen LogP contribution is 2.30. The molecule has 1 aliphatic rings.